The second kappa shape index (κ2) is 6.38. The normalized spacial score (nSPS) is 21.6. The maximum Gasteiger partial charge on any atom is 0.188 e. The third-order valence-corrected chi connectivity index (χ3v) is 5.12. The van der Waals surface area contributed by atoms with Gasteiger partial charge in [-0.25, -0.2) is 0 Å². The molecule has 0 aromatic heterocycles. The van der Waals surface area contributed by atoms with E-state index in [2.05, 4.69) is 50.0 Å². The van der Waals surface area contributed by atoms with Crippen molar-refractivity contribution in [3.05, 3.63) is 64.2 Å². The third kappa shape index (κ3) is 3.13. The summed E-state index contributed by atoms with van der Waals surface area (Å²) in [6.45, 7) is 6.54. The van der Waals surface area contributed by atoms with E-state index in [-0.39, 0.29) is 12.3 Å². The summed E-state index contributed by atoms with van der Waals surface area (Å²) in [6, 6.07) is 14.7. The molecule has 25 heavy (non-hydrogen) atoms. The average Bonchev–Trinajstić information content (AvgIpc) is 3.01. The Bertz CT molecular complexity index is 813. The van der Waals surface area contributed by atoms with E-state index in [0.717, 1.165) is 34.9 Å². The van der Waals surface area contributed by atoms with Gasteiger partial charge in [0.15, 0.2) is 6.23 Å². The van der Waals surface area contributed by atoms with E-state index in [1.54, 1.807) is 0 Å². The number of halogens is 1. The summed E-state index contributed by atoms with van der Waals surface area (Å²) in [6.07, 6.45) is 1.80. The Morgan fingerprint density at radius 3 is 2.68 bits per heavy atom. The number of benzene rings is 2. The summed E-state index contributed by atoms with van der Waals surface area (Å²) in [7, 11) is 0. The molecule has 2 aliphatic rings. The predicted octanol–water partition coefficient (Wildman–Crippen LogP) is 5.56. The van der Waals surface area contributed by atoms with Crippen LogP contribution in [-0.4, -0.2) is 16.9 Å². The van der Waals surface area contributed by atoms with Gasteiger partial charge in [0.05, 0.1) is 11.8 Å². The van der Waals surface area contributed by atoms with Gasteiger partial charge >= 0.3 is 0 Å². The number of rotatable bonds is 3. The molecule has 0 N–H and O–H groups in total. The fourth-order valence-electron chi connectivity index (χ4n) is 3.61. The molecule has 2 aliphatic heterocycles. The fourth-order valence-corrected chi connectivity index (χ4v) is 3.79. The van der Waals surface area contributed by atoms with Crippen molar-refractivity contribution in [3.63, 3.8) is 0 Å². The van der Waals surface area contributed by atoms with Crippen LogP contribution in [0, 0.1) is 12.8 Å². The van der Waals surface area contributed by atoms with Gasteiger partial charge in [0, 0.05) is 23.4 Å². The van der Waals surface area contributed by atoms with Crippen LogP contribution in [0.2, 0.25) is 5.02 Å². The largest absolute Gasteiger partial charge is 0.469 e. The Hall–Kier alpha value is -2.00. The second-order valence-electron chi connectivity index (χ2n) is 7.40. The van der Waals surface area contributed by atoms with Gasteiger partial charge in [-0.05, 0) is 36.6 Å². The van der Waals surface area contributed by atoms with E-state index >= 15 is 0 Å². The first-order chi connectivity index (χ1) is 12.0. The molecule has 2 aromatic rings. The van der Waals surface area contributed by atoms with Crippen LogP contribution in [0.1, 0.15) is 49.4 Å². The minimum Gasteiger partial charge on any atom is -0.469 e. The molecular formula is C21H23ClN2O. The van der Waals surface area contributed by atoms with Crippen molar-refractivity contribution >= 4 is 17.3 Å². The van der Waals surface area contributed by atoms with E-state index in [4.69, 9.17) is 21.4 Å². The number of hydrazone groups is 1. The van der Waals surface area contributed by atoms with Crippen LogP contribution in [-0.2, 0) is 0 Å². The lowest BCUT2D eigenvalue weighted by molar-refractivity contribution is -0.0291. The van der Waals surface area contributed by atoms with Crippen LogP contribution in [0.3, 0.4) is 0 Å². The standard InChI is InChI=1S/C21H23ClN2O/c1-13(2)10-21-24-19(17-11-16(22)8-9-20(17)25-21)12-18(23-24)15-6-4-14(3)5-7-15/h4-9,11,13,19,21H,10,12H2,1-3H3/t19-,21+/m0/s1. The number of hydrogen-bond donors (Lipinski definition) is 0. The first-order valence-electron chi connectivity index (χ1n) is 8.90. The van der Waals surface area contributed by atoms with Gasteiger partial charge in [-0.1, -0.05) is 55.3 Å². The first kappa shape index (κ1) is 16.5. The molecule has 2 heterocycles. The smallest absolute Gasteiger partial charge is 0.188 e. The Labute approximate surface area is 154 Å². The Kier molecular flexibility index (Phi) is 4.20. The number of hydrogen-bond acceptors (Lipinski definition) is 3. The molecule has 0 spiro atoms. The molecule has 0 bridgehead atoms. The molecule has 2 aromatic carbocycles. The zero-order valence-electron chi connectivity index (χ0n) is 14.9. The van der Waals surface area contributed by atoms with Crippen LogP contribution in [0.4, 0.5) is 0 Å². The molecule has 2 atom stereocenters. The van der Waals surface area contributed by atoms with Crippen molar-refractivity contribution in [2.75, 3.05) is 0 Å². The van der Waals surface area contributed by atoms with Crippen LogP contribution < -0.4 is 4.74 Å². The molecule has 0 saturated heterocycles. The van der Waals surface area contributed by atoms with Crippen molar-refractivity contribution in [3.8, 4) is 5.75 Å². The van der Waals surface area contributed by atoms with Gasteiger partial charge in [-0.15, -0.1) is 0 Å². The molecule has 0 radical (unpaired) electrons. The highest BCUT2D eigenvalue weighted by Crippen LogP contribution is 2.44. The fraction of sp³-hybridized carbons (Fsp3) is 0.381. The summed E-state index contributed by atoms with van der Waals surface area (Å²) in [5.41, 5.74) is 4.71. The summed E-state index contributed by atoms with van der Waals surface area (Å²) >= 11 is 6.25. The monoisotopic (exact) mass is 354 g/mol. The number of aryl methyl sites for hydroxylation is 1. The predicted molar refractivity (Wildman–Crippen MR) is 102 cm³/mol. The van der Waals surface area contributed by atoms with E-state index in [0.29, 0.717) is 5.92 Å². The lowest BCUT2D eigenvalue weighted by Gasteiger charge is -2.38. The van der Waals surface area contributed by atoms with E-state index in [1.807, 2.05) is 18.2 Å². The molecule has 4 rings (SSSR count). The molecule has 3 nitrogen and oxygen atoms in total. The first-order valence-corrected chi connectivity index (χ1v) is 9.28. The van der Waals surface area contributed by atoms with Crippen molar-refractivity contribution < 1.29 is 4.74 Å². The topological polar surface area (TPSA) is 24.8 Å². The Morgan fingerprint density at radius 2 is 1.96 bits per heavy atom. The maximum atomic E-state index is 6.28. The highest BCUT2D eigenvalue weighted by molar-refractivity contribution is 6.30. The van der Waals surface area contributed by atoms with Gasteiger partial charge < -0.3 is 4.74 Å². The van der Waals surface area contributed by atoms with Gasteiger partial charge in [-0.3, -0.25) is 5.01 Å². The third-order valence-electron chi connectivity index (χ3n) is 4.89. The minimum absolute atomic E-state index is 0.0263. The van der Waals surface area contributed by atoms with Gasteiger partial charge in [0.1, 0.15) is 5.75 Å². The van der Waals surface area contributed by atoms with E-state index in [1.165, 1.54) is 11.1 Å². The summed E-state index contributed by atoms with van der Waals surface area (Å²) in [4.78, 5) is 0. The SMILES string of the molecule is Cc1ccc(C2=NN3[C@@H](CC(C)C)Oc4ccc(Cl)cc4[C@@H]3C2)cc1. The molecule has 130 valence electrons. The Morgan fingerprint density at radius 1 is 1.20 bits per heavy atom. The molecule has 4 heteroatoms. The number of fused-ring (bicyclic) bond motifs is 3. The molecule has 0 saturated carbocycles. The molecular weight excluding hydrogens is 332 g/mol. The Balaban J connectivity index is 1.72. The van der Waals surface area contributed by atoms with Crippen molar-refractivity contribution in [2.45, 2.75) is 45.9 Å². The van der Waals surface area contributed by atoms with Gasteiger partial charge in [0.25, 0.3) is 0 Å². The van der Waals surface area contributed by atoms with Gasteiger partial charge in [0.2, 0.25) is 0 Å². The molecule has 0 aliphatic carbocycles. The summed E-state index contributed by atoms with van der Waals surface area (Å²) in [5.74, 6) is 1.48. The molecule has 0 unspecified atom stereocenters. The number of ether oxygens (including phenoxy) is 1. The highest BCUT2D eigenvalue weighted by atomic mass is 35.5. The van der Waals surface area contributed by atoms with Crippen LogP contribution >= 0.6 is 11.6 Å². The quantitative estimate of drug-likeness (QED) is 0.720. The average molecular weight is 355 g/mol. The van der Waals surface area contributed by atoms with Crippen molar-refractivity contribution in [1.82, 2.24) is 5.01 Å². The highest BCUT2D eigenvalue weighted by Gasteiger charge is 2.40. The number of nitrogens with zero attached hydrogens (tertiary/aromatic N) is 2. The lowest BCUT2D eigenvalue weighted by Crippen LogP contribution is -2.41. The van der Waals surface area contributed by atoms with Crippen LogP contribution in [0.25, 0.3) is 0 Å². The minimum atomic E-state index is -0.0263. The summed E-state index contributed by atoms with van der Waals surface area (Å²) in [5, 5.41) is 7.85. The zero-order valence-corrected chi connectivity index (χ0v) is 15.6. The summed E-state index contributed by atoms with van der Waals surface area (Å²) < 4.78 is 6.28. The van der Waals surface area contributed by atoms with Crippen LogP contribution in [0.5, 0.6) is 5.75 Å². The van der Waals surface area contributed by atoms with Crippen LogP contribution in [0.15, 0.2) is 47.6 Å². The molecule has 0 amide bonds. The lowest BCUT2D eigenvalue weighted by atomic mass is 9.95. The van der Waals surface area contributed by atoms with Crippen molar-refractivity contribution in [2.24, 2.45) is 11.0 Å². The van der Waals surface area contributed by atoms with E-state index in [9.17, 15) is 0 Å². The van der Waals surface area contributed by atoms with E-state index < -0.39 is 0 Å². The molecule has 0 fully saturated rings. The van der Waals surface area contributed by atoms with Crippen molar-refractivity contribution in [1.29, 1.82) is 0 Å². The second-order valence-corrected chi connectivity index (χ2v) is 7.83. The zero-order chi connectivity index (χ0) is 17.6. The van der Waals surface area contributed by atoms with Gasteiger partial charge in [-0.2, -0.15) is 5.10 Å². The maximum absolute atomic E-state index is 6.28.